The highest BCUT2D eigenvalue weighted by Gasteiger charge is 2.25. The lowest BCUT2D eigenvalue weighted by Crippen LogP contribution is -2.38. The highest BCUT2D eigenvalue weighted by atomic mass is 32.1. The number of likely N-dealkylation sites (N-methyl/N-ethyl adjacent to an activating group) is 1. The molecule has 4 heterocycles. The van der Waals surface area contributed by atoms with E-state index in [-0.39, 0.29) is 0 Å². The number of thiophene rings is 1. The summed E-state index contributed by atoms with van der Waals surface area (Å²) >= 11 is 1.65. The average Bonchev–Trinajstić information content (AvgIpc) is 3.32. The third kappa shape index (κ3) is 2.75. The molecular weight excluding hydrogens is 356 g/mol. The van der Waals surface area contributed by atoms with Gasteiger partial charge in [0.05, 0.1) is 0 Å². The lowest BCUT2D eigenvalue weighted by molar-refractivity contribution is 0.630. The topological polar surface area (TPSA) is 49.6 Å². The van der Waals surface area contributed by atoms with E-state index >= 15 is 0 Å². The van der Waals surface area contributed by atoms with Crippen LogP contribution in [0.1, 0.15) is 12.5 Å². The van der Waals surface area contributed by atoms with Crippen LogP contribution in [0.25, 0.3) is 17.0 Å². The van der Waals surface area contributed by atoms with Crippen LogP contribution >= 0.6 is 11.3 Å². The SMILES string of the molecule is CC1CN(C)c2ccccc2CN1c1ccc2nnc(-c3ccsc3)n2n1. The molecule has 0 N–H and O–H groups in total. The van der Waals surface area contributed by atoms with E-state index < -0.39 is 0 Å². The van der Waals surface area contributed by atoms with E-state index in [9.17, 15) is 0 Å². The normalized spacial score (nSPS) is 17.2. The smallest absolute Gasteiger partial charge is 0.186 e. The Balaban J connectivity index is 1.59. The number of rotatable bonds is 2. The molecule has 1 aromatic carbocycles. The van der Waals surface area contributed by atoms with Gasteiger partial charge in [-0.2, -0.15) is 15.9 Å². The summed E-state index contributed by atoms with van der Waals surface area (Å²) < 4.78 is 1.85. The minimum Gasteiger partial charge on any atom is -0.372 e. The van der Waals surface area contributed by atoms with Crippen LogP contribution < -0.4 is 9.80 Å². The number of anilines is 2. The Morgan fingerprint density at radius 2 is 1.96 bits per heavy atom. The van der Waals surface area contributed by atoms with Crippen molar-refractivity contribution >= 4 is 28.5 Å². The Hall–Kier alpha value is -2.93. The van der Waals surface area contributed by atoms with Crippen molar-refractivity contribution in [3.63, 3.8) is 0 Å². The Morgan fingerprint density at radius 1 is 1.07 bits per heavy atom. The van der Waals surface area contributed by atoms with Gasteiger partial charge in [0, 0.05) is 42.8 Å². The number of hydrogen-bond donors (Lipinski definition) is 0. The summed E-state index contributed by atoms with van der Waals surface area (Å²) in [6, 6.07) is 15.0. The molecule has 136 valence electrons. The number of hydrogen-bond acceptors (Lipinski definition) is 6. The van der Waals surface area contributed by atoms with E-state index in [4.69, 9.17) is 5.10 Å². The second-order valence-electron chi connectivity index (χ2n) is 6.98. The molecule has 0 saturated heterocycles. The monoisotopic (exact) mass is 376 g/mol. The average molecular weight is 376 g/mol. The van der Waals surface area contributed by atoms with Crippen molar-refractivity contribution in [3.8, 4) is 11.4 Å². The van der Waals surface area contributed by atoms with Crippen molar-refractivity contribution in [3.05, 3.63) is 58.8 Å². The van der Waals surface area contributed by atoms with Gasteiger partial charge in [-0.3, -0.25) is 0 Å². The molecule has 0 spiro atoms. The predicted octanol–water partition coefficient (Wildman–Crippen LogP) is 3.70. The quantitative estimate of drug-likeness (QED) is 0.534. The van der Waals surface area contributed by atoms with E-state index in [1.807, 2.05) is 22.0 Å². The second kappa shape index (κ2) is 6.35. The van der Waals surface area contributed by atoms with Crippen LogP contribution in [0.5, 0.6) is 0 Å². The maximum atomic E-state index is 4.91. The molecule has 0 radical (unpaired) electrons. The Bertz CT molecular complexity index is 1090. The third-order valence-electron chi connectivity index (χ3n) is 5.14. The lowest BCUT2D eigenvalue weighted by atomic mass is 10.1. The summed E-state index contributed by atoms with van der Waals surface area (Å²) in [4.78, 5) is 4.69. The number of nitrogens with zero attached hydrogens (tertiary/aromatic N) is 6. The fourth-order valence-corrected chi connectivity index (χ4v) is 4.39. The van der Waals surface area contributed by atoms with Crippen molar-refractivity contribution in [1.82, 2.24) is 19.8 Å². The molecule has 4 aromatic rings. The van der Waals surface area contributed by atoms with Gasteiger partial charge in [0.15, 0.2) is 11.5 Å². The van der Waals surface area contributed by atoms with E-state index in [2.05, 4.69) is 69.7 Å². The van der Waals surface area contributed by atoms with Gasteiger partial charge in [0.2, 0.25) is 0 Å². The zero-order chi connectivity index (χ0) is 18.4. The molecule has 0 amide bonds. The summed E-state index contributed by atoms with van der Waals surface area (Å²) in [7, 11) is 2.16. The largest absolute Gasteiger partial charge is 0.372 e. The summed E-state index contributed by atoms with van der Waals surface area (Å²) in [6.07, 6.45) is 0. The summed E-state index contributed by atoms with van der Waals surface area (Å²) in [6.45, 7) is 4.02. The number of para-hydroxylation sites is 1. The fourth-order valence-electron chi connectivity index (χ4n) is 3.76. The van der Waals surface area contributed by atoms with Gasteiger partial charge in [-0.1, -0.05) is 18.2 Å². The van der Waals surface area contributed by atoms with Crippen molar-refractivity contribution in [2.24, 2.45) is 0 Å². The Morgan fingerprint density at radius 3 is 2.81 bits per heavy atom. The lowest BCUT2D eigenvalue weighted by Gasteiger charge is -2.29. The zero-order valence-corrected chi connectivity index (χ0v) is 16.1. The van der Waals surface area contributed by atoms with Gasteiger partial charge in [0.25, 0.3) is 0 Å². The van der Waals surface area contributed by atoms with Crippen LogP contribution in [-0.4, -0.2) is 39.4 Å². The van der Waals surface area contributed by atoms with Gasteiger partial charge in [0.1, 0.15) is 5.82 Å². The van der Waals surface area contributed by atoms with Crippen LogP contribution in [-0.2, 0) is 6.54 Å². The summed E-state index contributed by atoms with van der Waals surface area (Å²) in [5.41, 5.74) is 4.41. The minimum atomic E-state index is 0.327. The van der Waals surface area contributed by atoms with E-state index in [0.717, 1.165) is 35.9 Å². The number of aromatic nitrogens is 4. The molecule has 0 saturated carbocycles. The van der Waals surface area contributed by atoms with Crippen LogP contribution in [0.15, 0.2) is 53.2 Å². The number of fused-ring (bicyclic) bond motifs is 2. The van der Waals surface area contributed by atoms with Crippen LogP contribution in [0, 0.1) is 0 Å². The molecular formula is C20H20N6S. The zero-order valence-electron chi connectivity index (χ0n) is 15.3. The highest BCUT2D eigenvalue weighted by Crippen LogP contribution is 2.29. The van der Waals surface area contributed by atoms with Gasteiger partial charge < -0.3 is 9.80 Å². The van der Waals surface area contributed by atoms with Crippen LogP contribution in [0.4, 0.5) is 11.5 Å². The molecule has 3 aromatic heterocycles. The first-order chi connectivity index (χ1) is 13.2. The summed E-state index contributed by atoms with van der Waals surface area (Å²) in [5.74, 6) is 1.73. The standard InChI is InChI=1S/C20H20N6S/c1-14-11-24(2)17-6-4-3-5-15(17)12-25(14)19-8-7-18-21-22-20(26(18)23-19)16-9-10-27-13-16/h3-10,13-14H,11-12H2,1-2H3. The van der Waals surface area contributed by atoms with E-state index in [0.29, 0.717) is 6.04 Å². The molecule has 1 aliphatic heterocycles. The molecule has 5 rings (SSSR count). The first-order valence-corrected chi connectivity index (χ1v) is 9.96. The Kier molecular flexibility index (Phi) is 3.82. The molecule has 1 unspecified atom stereocenters. The van der Waals surface area contributed by atoms with E-state index in [1.165, 1.54) is 11.3 Å². The van der Waals surface area contributed by atoms with Crippen molar-refractivity contribution < 1.29 is 0 Å². The predicted molar refractivity (Wildman–Crippen MR) is 109 cm³/mol. The maximum absolute atomic E-state index is 4.91. The Labute approximate surface area is 161 Å². The molecule has 7 heteroatoms. The number of benzene rings is 1. The molecule has 0 aliphatic carbocycles. The maximum Gasteiger partial charge on any atom is 0.186 e. The molecule has 0 fully saturated rings. The van der Waals surface area contributed by atoms with Crippen molar-refractivity contribution in [2.45, 2.75) is 19.5 Å². The summed E-state index contributed by atoms with van der Waals surface area (Å²) in [5, 5.41) is 17.6. The fraction of sp³-hybridized carbons (Fsp3) is 0.250. The molecule has 1 aliphatic rings. The first-order valence-electron chi connectivity index (χ1n) is 9.01. The second-order valence-corrected chi connectivity index (χ2v) is 7.76. The van der Waals surface area contributed by atoms with Crippen molar-refractivity contribution in [1.29, 1.82) is 0 Å². The van der Waals surface area contributed by atoms with Gasteiger partial charge >= 0.3 is 0 Å². The van der Waals surface area contributed by atoms with Gasteiger partial charge in [-0.15, -0.1) is 15.3 Å². The highest BCUT2D eigenvalue weighted by molar-refractivity contribution is 7.08. The third-order valence-corrected chi connectivity index (χ3v) is 5.82. The first kappa shape index (κ1) is 16.3. The van der Waals surface area contributed by atoms with E-state index in [1.54, 1.807) is 11.3 Å². The molecule has 27 heavy (non-hydrogen) atoms. The van der Waals surface area contributed by atoms with Crippen LogP contribution in [0.2, 0.25) is 0 Å². The molecule has 0 bridgehead atoms. The van der Waals surface area contributed by atoms with Crippen LogP contribution in [0.3, 0.4) is 0 Å². The van der Waals surface area contributed by atoms with Crippen molar-refractivity contribution in [2.75, 3.05) is 23.4 Å². The van der Waals surface area contributed by atoms with Gasteiger partial charge in [-0.05, 0) is 42.1 Å². The minimum absolute atomic E-state index is 0.327. The molecule has 6 nitrogen and oxygen atoms in total. The molecule has 1 atom stereocenters. The van der Waals surface area contributed by atoms with Gasteiger partial charge in [-0.25, -0.2) is 0 Å².